The van der Waals surface area contributed by atoms with Crippen molar-refractivity contribution in [3.05, 3.63) is 65.7 Å². The Kier molecular flexibility index (Phi) is 9.93. The first-order valence-electron chi connectivity index (χ1n) is 12.9. The molecule has 36 heavy (non-hydrogen) atoms. The highest BCUT2D eigenvalue weighted by Crippen LogP contribution is 2.22. The zero-order valence-electron chi connectivity index (χ0n) is 21.7. The average molecular weight is 514 g/mol. The van der Waals surface area contributed by atoms with Gasteiger partial charge in [-0.2, -0.15) is 0 Å². The van der Waals surface area contributed by atoms with E-state index >= 15 is 0 Å². The summed E-state index contributed by atoms with van der Waals surface area (Å²) in [5.41, 5.74) is 2.39. The predicted octanol–water partition coefficient (Wildman–Crippen LogP) is 4.27. The molecule has 0 aromatic heterocycles. The number of hydrogen-bond acceptors (Lipinski definition) is 4. The molecular weight excluding hydrogens is 474 g/mol. The van der Waals surface area contributed by atoms with Crippen molar-refractivity contribution < 1.29 is 18.0 Å². The van der Waals surface area contributed by atoms with Crippen molar-refractivity contribution in [3.8, 4) is 0 Å². The highest BCUT2D eigenvalue weighted by Gasteiger charge is 2.32. The molecule has 7 nitrogen and oxygen atoms in total. The van der Waals surface area contributed by atoms with Crippen molar-refractivity contribution in [3.63, 3.8) is 0 Å². The Morgan fingerprint density at radius 2 is 1.58 bits per heavy atom. The summed E-state index contributed by atoms with van der Waals surface area (Å²) in [7, 11) is -3.73. The molecule has 0 unspecified atom stereocenters. The quantitative estimate of drug-likeness (QED) is 0.486. The lowest BCUT2D eigenvalue weighted by Crippen LogP contribution is -2.53. The number of nitrogens with zero attached hydrogens (tertiary/aromatic N) is 2. The van der Waals surface area contributed by atoms with Crippen LogP contribution in [0, 0.1) is 0 Å². The van der Waals surface area contributed by atoms with Crippen LogP contribution >= 0.6 is 0 Å². The molecular formula is C28H39N3O4S. The standard InChI is InChI=1S/C28H39N3O4S/c1-4-22-16-18-25(19-17-22)31(36(3,34)35)21-27(32)30(20-23-12-8-6-9-13-23)26(5-2)28(33)29-24-14-10-7-11-15-24/h6,8-9,12-13,16-19,24,26H,4-5,7,10-11,14-15,20-21H2,1-3H3,(H,29,33)/t26-/m1/s1. The van der Waals surface area contributed by atoms with Gasteiger partial charge in [-0.15, -0.1) is 0 Å². The number of aryl methyl sites for hydroxylation is 1. The van der Waals surface area contributed by atoms with Gasteiger partial charge in [0.2, 0.25) is 21.8 Å². The summed E-state index contributed by atoms with van der Waals surface area (Å²) >= 11 is 0. The summed E-state index contributed by atoms with van der Waals surface area (Å²) in [5, 5.41) is 3.15. The fraction of sp³-hybridized carbons (Fsp3) is 0.500. The van der Waals surface area contributed by atoms with Crippen LogP contribution in [0.4, 0.5) is 5.69 Å². The number of nitrogens with one attached hydrogen (secondary N) is 1. The van der Waals surface area contributed by atoms with Crippen LogP contribution in [0.3, 0.4) is 0 Å². The third-order valence-electron chi connectivity index (χ3n) is 6.84. The van der Waals surface area contributed by atoms with E-state index in [0.29, 0.717) is 12.1 Å². The predicted molar refractivity (Wildman–Crippen MR) is 144 cm³/mol. The molecule has 1 aliphatic carbocycles. The van der Waals surface area contributed by atoms with Crippen molar-refractivity contribution in [1.82, 2.24) is 10.2 Å². The van der Waals surface area contributed by atoms with E-state index in [0.717, 1.165) is 53.8 Å². The maximum absolute atomic E-state index is 13.7. The Morgan fingerprint density at radius 3 is 2.14 bits per heavy atom. The molecule has 3 rings (SSSR count). The minimum Gasteiger partial charge on any atom is -0.352 e. The molecule has 0 heterocycles. The summed E-state index contributed by atoms with van der Waals surface area (Å²) < 4.78 is 26.6. The van der Waals surface area contributed by atoms with Crippen LogP contribution in [0.5, 0.6) is 0 Å². The Labute approximate surface area is 215 Å². The lowest BCUT2D eigenvalue weighted by Gasteiger charge is -2.34. The zero-order chi connectivity index (χ0) is 26.1. The maximum atomic E-state index is 13.7. The molecule has 0 saturated heterocycles. The molecule has 1 N–H and O–H groups in total. The van der Waals surface area contributed by atoms with E-state index in [1.165, 1.54) is 11.3 Å². The van der Waals surface area contributed by atoms with Crippen molar-refractivity contribution in [2.75, 3.05) is 17.1 Å². The van der Waals surface area contributed by atoms with Crippen molar-refractivity contribution >= 4 is 27.5 Å². The number of rotatable bonds is 11. The fourth-order valence-electron chi connectivity index (χ4n) is 4.76. The SMILES string of the molecule is CCc1ccc(N(CC(=O)N(Cc2ccccc2)[C@H](CC)C(=O)NC2CCCCC2)S(C)(=O)=O)cc1. The Hall–Kier alpha value is -2.87. The minimum absolute atomic E-state index is 0.124. The van der Waals surface area contributed by atoms with Crippen LogP contribution in [0.1, 0.15) is 63.5 Å². The van der Waals surface area contributed by atoms with Gasteiger partial charge in [0.05, 0.1) is 11.9 Å². The first-order chi connectivity index (χ1) is 17.2. The molecule has 1 aliphatic rings. The molecule has 8 heteroatoms. The number of carbonyl (C=O) groups excluding carboxylic acids is 2. The molecule has 2 amide bonds. The number of hydrogen-bond donors (Lipinski definition) is 1. The van der Waals surface area contributed by atoms with E-state index in [4.69, 9.17) is 0 Å². The van der Waals surface area contributed by atoms with Gasteiger partial charge >= 0.3 is 0 Å². The summed E-state index contributed by atoms with van der Waals surface area (Å²) in [5.74, 6) is -0.582. The summed E-state index contributed by atoms with van der Waals surface area (Å²) in [4.78, 5) is 28.6. The second kappa shape index (κ2) is 12.9. The van der Waals surface area contributed by atoms with Crippen LogP contribution in [0.25, 0.3) is 0 Å². The summed E-state index contributed by atoms with van der Waals surface area (Å²) in [6, 6.07) is 16.1. The van der Waals surface area contributed by atoms with E-state index in [1.54, 1.807) is 12.1 Å². The van der Waals surface area contributed by atoms with Crippen LogP contribution in [0.2, 0.25) is 0 Å². The molecule has 1 atom stereocenters. The van der Waals surface area contributed by atoms with Crippen molar-refractivity contribution in [2.24, 2.45) is 0 Å². The van der Waals surface area contributed by atoms with Gasteiger partial charge in [0.25, 0.3) is 0 Å². The van der Waals surface area contributed by atoms with Gasteiger partial charge in [-0.3, -0.25) is 13.9 Å². The molecule has 0 spiro atoms. The van der Waals surface area contributed by atoms with Crippen LogP contribution in [0.15, 0.2) is 54.6 Å². The molecule has 0 aliphatic heterocycles. The van der Waals surface area contributed by atoms with Crippen LogP contribution < -0.4 is 9.62 Å². The number of carbonyl (C=O) groups is 2. The normalized spacial score (nSPS) is 15.2. The van der Waals surface area contributed by atoms with Crippen LogP contribution in [-0.4, -0.2) is 50.0 Å². The van der Waals surface area contributed by atoms with Crippen molar-refractivity contribution in [1.29, 1.82) is 0 Å². The molecule has 196 valence electrons. The minimum atomic E-state index is -3.73. The average Bonchev–Trinajstić information content (AvgIpc) is 2.87. The van der Waals surface area contributed by atoms with E-state index < -0.39 is 22.0 Å². The summed E-state index contributed by atoms with van der Waals surface area (Å²) in [6.45, 7) is 3.76. The van der Waals surface area contributed by atoms with Gasteiger partial charge in [-0.05, 0) is 48.9 Å². The number of amides is 2. The highest BCUT2D eigenvalue weighted by atomic mass is 32.2. The number of sulfonamides is 1. The molecule has 0 radical (unpaired) electrons. The number of benzene rings is 2. The zero-order valence-corrected chi connectivity index (χ0v) is 22.5. The third-order valence-corrected chi connectivity index (χ3v) is 7.99. The van der Waals surface area contributed by atoms with E-state index in [-0.39, 0.29) is 25.0 Å². The van der Waals surface area contributed by atoms with Crippen LogP contribution in [-0.2, 0) is 32.6 Å². The Morgan fingerprint density at radius 1 is 0.944 bits per heavy atom. The summed E-state index contributed by atoms with van der Waals surface area (Å²) in [6.07, 6.45) is 7.63. The second-order valence-corrected chi connectivity index (χ2v) is 11.5. The smallest absolute Gasteiger partial charge is 0.244 e. The maximum Gasteiger partial charge on any atom is 0.244 e. The third kappa shape index (κ3) is 7.56. The topological polar surface area (TPSA) is 86.8 Å². The first kappa shape index (κ1) is 27.7. The van der Waals surface area contributed by atoms with Gasteiger partial charge < -0.3 is 10.2 Å². The largest absolute Gasteiger partial charge is 0.352 e. The monoisotopic (exact) mass is 513 g/mol. The molecule has 2 aromatic rings. The van der Waals surface area contributed by atoms with Gasteiger partial charge in [-0.25, -0.2) is 8.42 Å². The molecule has 1 fully saturated rings. The van der Waals surface area contributed by atoms with E-state index in [2.05, 4.69) is 5.32 Å². The highest BCUT2D eigenvalue weighted by molar-refractivity contribution is 7.92. The lowest BCUT2D eigenvalue weighted by molar-refractivity contribution is -0.140. The number of anilines is 1. The lowest BCUT2D eigenvalue weighted by atomic mass is 9.95. The molecule has 0 bridgehead atoms. The molecule has 2 aromatic carbocycles. The Balaban J connectivity index is 1.88. The first-order valence-corrected chi connectivity index (χ1v) is 14.8. The Bertz CT molecular complexity index is 1100. The van der Waals surface area contributed by atoms with Gasteiger partial charge in [-0.1, -0.05) is 75.6 Å². The van der Waals surface area contributed by atoms with E-state index in [1.807, 2.05) is 56.3 Å². The van der Waals surface area contributed by atoms with Crippen molar-refractivity contribution in [2.45, 2.75) is 77.4 Å². The van der Waals surface area contributed by atoms with E-state index in [9.17, 15) is 18.0 Å². The second-order valence-electron chi connectivity index (χ2n) is 9.56. The van der Waals surface area contributed by atoms with Gasteiger partial charge in [0.15, 0.2) is 0 Å². The van der Waals surface area contributed by atoms with Gasteiger partial charge in [0.1, 0.15) is 12.6 Å². The molecule has 1 saturated carbocycles. The van der Waals surface area contributed by atoms with Gasteiger partial charge in [0, 0.05) is 12.6 Å². The fourth-order valence-corrected chi connectivity index (χ4v) is 5.61.